The minimum absolute atomic E-state index is 0.769. The second-order valence-corrected chi connectivity index (χ2v) is 7.28. The zero-order valence-corrected chi connectivity index (χ0v) is 13.1. The summed E-state index contributed by atoms with van der Waals surface area (Å²) < 4.78 is 0. The molecule has 0 fully saturated rings. The van der Waals surface area contributed by atoms with Gasteiger partial charge in [0.1, 0.15) is 0 Å². The Labute approximate surface area is 132 Å². The predicted octanol–water partition coefficient (Wildman–Crippen LogP) is 4.47. The fourth-order valence-corrected chi connectivity index (χ4v) is 4.79. The van der Waals surface area contributed by atoms with Crippen LogP contribution in [0.4, 0.5) is 0 Å². The molecule has 0 aromatic heterocycles. The standard InChI is InChI=1S/C20H17OP/c21-22-14-19-16(13-15-7-2-1-3-8-15)9-6-11-17(19)18-10-4-5-12-20(18)22/h1-12,21H,13-14H2. The molecule has 0 bridgehead atoms. The van der Waals surface area contributed by atoms with E-state index in [1.54, 1.807) is 0 Å². The van der Waals surface area contributed by atoms with Gasteiger partial charge < -0.3 is 4.89 Å². The molecule has 4 rings (SSSR count). The monoisotopic (exact) mass is 304 g/mol. The van der Waals surface area contributed by atoms with Crippen LogP contribution in [0.1, 0.15) is 16.7 Å². The largest absolute Gasteiger partial charge is 0.369 e. The number of hydrogen-bond acceptors (Lipinski definition) is 1. The van der Waals surface area contributed by atoms with Crippen LogP contribution in [0.25, 0.3) is 11.1 Å². The van der Waals surface area contributed by atoms with Crippen LogP contribution in [0.2, 0.25) is 0 Å². The van der Waals surface area contributed by atoms with Crippen molar-refractivity contribution in [3.8, 4) is 11.1 Å². The van der Waals surface area contributed by atoms with Crippen molar-refractivity contribution in [2.75, 3.05) is 0 Å². The van der Waals surface area contributed by atoms with E-state index < -0.39 is 8.15 Å². The Kier molecular flexibility index (Phi) is 3.54. The highest BCUT2D eigenvalue weighted by molar-refractivity contribution is 7.59. The van der Waals surface area contributed by atoms with Crippen molar-refractivity contribution in [2.24, 2.45) is 0 Å². The molecule has 1 N–H and O–H groups in total. The van der Waals surface area contributed by atoms with Gasteiger partial charge in [-0.3, -0.25) is 0 Å². The lowest BCUT2D eigenvalue weighted by Crippen LogP contribution is -2.14. The minimum atomic E-state index is -1.08. The van der Waals surface area contributed by atoms with Crippen LogP contribution in [0.5, 0.6) is 0 Å². The first-order valence-electron chi connectivity index (χ1n) is 7.53. The molecule has 3 aromatic carbocycles. The van der Waals surface area contributed by atoms with E-state index in [1.165, 1.54) is 27.8 Å². The summed E-state index contributed by atoms with van der Waals surface area (Å²) in [6, 6.07) is 25.3. The summed E-state index contributed by atoms with van der Waals surface area (Å²) in [5, 5.41) is 1.11. The maximum Gasteiger partial charge on any atom is 0.0614 e. The summed E-state index contributed by atoms with van der Waals surface area (Å²) in [6.07, 6.45) is 1.69. The van der Waals surface area contributed by atoms with E-state index in [0.29, 0.717) is 0 Å². The SMILES string of the molecule is OP1Cc2c(Cc3ccccc3)cccc2-c2ccccc21. The first-order valence-corrected chi connectivity index (χ1v) is 9.01. The third-order valence-corrected chi connectivity index (χ3v) is 5.85. The summed E-state index contributed by atoms with van der Waals surface area (Å²) >= 11 is 0. The molecule has 1 aliphatic heterocycles. The van der Waals surface area contributed by atoms with E-state index >= 15 is 0 Å². The second kappa shape index (κ2) is 5.68. The first-order chi connectivity index (χ1) is 10.8. The molecular formula is C20H17OP. The van der Waals surface area contributed by atoms with Crippen LogP contribution < -0.4 is 5.30 Å². The highest BCUT2D eigenvalue weighted by Crippen LogP contribution is 2.46. The normalized spacial score (nSPS) is 16.0. The highest BCUT2D eigenvalue weighted by Gasteiger charge is 2.24. The molecule has 1 atom stereocenters. The molecule has 1 aliphatic rings. The lowest BCUT2D eigenvalue weighted by atomic mass is 9.92. The number of rotatable bonds is 2. The maximum absolute atomic E-state index is 10.6. The van der Waals surface area contributed by atoms with Crippen molar-refractivity contribution in [1.29, 1.82) is 0 Å². The fourth-order valence-electron chi connectivity index (χ4n) is 3.22. The zero-order valence-electron chi connectivity index (χ0n) is 12.2. The van der Waals surface area contributed by atoms with Crippen LogP contribution in [-0.2, 0) is 12.6 Å². The summed E-state index contributed by atoms with van der Waals surface area (Å²) in [4.78, 5) is 10.6. The average molecular weight is 304 g/mol. The Morgan fingerprint density at radius 3 is 2.36 bits per heavy atom. The van der Waals surface area contributed by atoms with Crippen molar-refractivity contribution in [1.82, 2.24) is 0 Å². The molecule has 1 unspecified atom stereocenters. The Hall–Kier alpha value is -1.95. The fraction of sp³-hybridized carbons (Fsp3) is 0.100. The molecule has 2 heteroatoms. The number of fused-ring (bicyclic) bond motifs is 3. The van der Waals surface area contributed by atoms with Gasteiger partial charge in [0.05, 0.1) is 8.15 Å². The molecule has 1 heterocycles. The quantitative estimate of drug-likeness (QED) is 0.692. The molecule has 1 nitrogen and oxygen atoms in total. The molecule has 0 spiro atoms. The van der Waals surface area contributed by atoms with Crippen LogP contribution in [0.15, 0.2) is 72.8 Å². The van der Waals surface area contributed by atoms with Gasteiger partial charge in [0.25, 0.3) is 0 Å². The maximum atomic E-state index is 10.6. The third kappa shape index (κ3) is 2.37. The zero-order chi connectivity index (χ0) is 14.9. The van der Waals surface area contributed by atoms with Gasteiger partial charge in [0, 0.05) is 11.5 Å². The van der Waals surface area contributed by atoms with E-state index in [0.717, 1.165) is 17.9 Å². The Balaban J connectivity index is 1.82. The smallest absolute Gasteiger partial charge is 0.0614 e. The van der Waals surface area contributed by atoms with E-state index in [-0.39, 0.29) is 0 Å². The lowest BCUT2D eigenvalue weighted by molar-refractivity contribution is 0.632. The van der Waals surface area contributed by atoms with Crippen molar-refractivity contribution in [2.45, 2.75) is 12.6 Å². The van der Waals surface area contributed by atoms with Gasteiger partial charge in [-0.1, -0.05) is 72.8 Å². The summed E-state index contributed by atoms with van der Waals surface area (Å²) in [5.41, 5.74) is 6.46. The van der Waals surface area contributed by atoms with E-state index in [9.17, 15) is 4.89 Å². The van der Waals surface area contributed by atoms with Gasteiger partial charge in [-0.25, -0.2) is 0 Å². The van der Waals surface area contributed by atoms with Crippen molar-refractivity contribution in [3.63, 3.8) is 0 Å². The van der Waals surface area contributed by atoms with Crippen molar-refractivity contribution in [3.05, 3.63) is 89.5 Å². The summed E-state index contributed by atoms with van der Waals surface area (Å²) in [6.45, 7) is 0. The van der Waals surface area contributed by atoms with E-state index in [2.05, 4.69) is 60.7 Å². The Morgan fingerprint density at radius 1 is 0.773 bits per heavy atom. The minimum Gasteiger partial charge on any atom is -0.369 e. The number of hydrogen-bond donors (Lipinski definition) is 1. The molecule has 0 saturated heterocycles. The Morgan fingerprint density at radius 2 is 1.50 bits per heavy atom. The topological polar surface area (TPSA) is 20.2 Å². The molecule has 0 radical (unpaired) electrons. The molecular weight excluding hydrogens is 287 g/mol. The van der Waals surface area contributed by atoms with Crippen LogP contribution >= 0.6 is 8.15 Å². The molecule has 0 saturated carbocycles. The first kappa shape index (κ1) is 13.7. The molecule has 0 aliphatic carbocycles. The Bertz CT molecular complexity index is 811. The van der Waals surface area contributed by atoms with Gasteiger partial charge in [0.15, 0.2) is 0 Å². The van der Waals surface area contributed by atoms with E-state index in [1.807, 2.05) is 12.1 Å². The van der Waals surface area contributed by atoms with Gasteiger partial charge in [-0.05, 0) is 34.2 Å². The van der Waals surface area contributed by atoms with Crippen LogP contribution in [0.3, 0.4) is 0 Å². The average Bonchev–Trinajstić information content (AvgIpc) is 2.57. The lowest BCUT2D eigenvalue weighted by Gasteiger charge is -2.26. The highest BCUT2D eigenvalue weighted by atomic mass is 31.1. The molecule has 3 aromatic rings. The van der Waals surface area contributed by atoms with Crippen molar-refractivity contribution < 1.29 is 4.89 Å². The molecule has 0 amide bonds. The molecule has 22 heavy (non-hydrogen) atoms. The van der Waals surface area contributed by atoms with Crippen LogP contribution in [-0.4, -0.2) is 4.89 Å². The van der Waals surface area contributed by atoms with Crippen LogP contribution in [0, 0.1) is 0 Å². The summed E-state index contributed by atoms with van der Waals surface area (Å²) in [5.74, 6) is 0. The predicted molar refractivity (Wildman–Crippen MR) is 93.6 cm³/mol. The van der Waals surface area contributed by atoms with Gasteiger partial charge >= 0.3 is 0 Å². The summed E-state index contributed by atoms with van der Waals surface area (Å²) in [7, 11) is -1.08. The number of benzene rings is 3. The van der Waals surface area contributed by atoms with E-state index in [4.69, 9.17) is 0 Å². The van der Waals surface area contributed by atoms with Gasteiger partial charge in [-0.15, -0.1) is 0 Å². The third-order valence-electron chi connectivity index (χ3n) is 4.29. The molecule has 108 valence electrons. The van der Waals surface area contributed by atoms with Gasteiger partial charge in [0.2, 0.25) is 0 Å². The second-order valence-electron chi connectivity index (χ2n) is 5.68. The van der Waals surface area contributed by atoms with Gasteiger partial charge in [-0.2, -0.15) is 0 Å². The van der Waals surface area contributed by atoms with Crippen molar-refractivity contribution >= 4 is 13.5 Å².